The Morgan fingerprint density at radius 1 is 1.35 bits per heavy atom. The molecule has 20 heavy (non-hydrogen) atoms. The van der Waals surface area contributed by atoms with E-state index in [4.69, 9.17) is 0 Å². The van der Waals surface area contributed by atoms with Crippen LogP contribution in [0.5, 0.6) is 0 Å². The van der Waals surface area contributed by atoms with E-state index in [2.05, 4.69) is 37.8 Å². The first kappa shape index (κ1) is 13.1. The Morgan fingerprint density at radius 3 is 3.05 bits per heavy atom. The van der Waals surface area contributed by atoms with Gasteiger partial charge in [0.25, 0.3) is 0 Å². The van der Waals surface area contributed by atoms with Crippen molar-refractivity contribution < 1.29 is 0 Å². The molecule has 3 rings (SSSR count). The maximum absolute atomic E-state index is 4.64. The van der Waals surface area contributed by atoms with E-state index in [1.54, 1.807) is 11.3 Å². The SMILES string of the molecule is CCCc1nccn1Cc1nc(NC)c2ccsc2n1. The summed E-state index contributed by atoms with van der Waals surface area (Å²) in [5.74, 6) is 2.80. The number of hydrogen-bond donors (Lipinski definition) is 1. The molecular formula is C14H17N5S. The minimum absolute atomic E-state index is 0.665. The summed E-state index contributed by atoms with van der Waals surface area (Å²) < 4.78 is 2.12. The summed E-state index contributed by atoms with van der Waals surface area (Å²) in [5.41, 5.74) is 0. The van der Waals surface area contributed by atoms with E-state index in [0.717, 1.165) is 40.5 Å². The van der Waals surface area contributed by atoms with Crippen molar-refractivity contribution in [2.24, 2.45) is 0 Å². The first-order chi connectivity index (χ1) is 9.81. The van der Waals surface area contributed by atoms with Crippen LogP contribution in [0.4, 0.5) is 5.82 Å². The Kier molecular flexibility index (Phi) is 3.64. The van der Waals surface area contributed by atoms with Crippen molar-refractivity contribution in [1.82, 2.24) is 19.5 Å². The lowest BCUT2D eigenvalue weighted by Crippen LogP contribution is -2.08. The second-order valence-electron chi connectivity index (χ2n) is 4.60. The normalized spacial score (nSPS) is 11.1. The number of aromatic nitrogens is 4. The summed E-state index contributed by atoms with van der Waals surface area (Å²) in [6.07, 6.45) is 5.90. The van der Waals surface area contributed by atoms with Gasteiger partial charge in [0.2, 0.25) is 0 Å². The number of anilines is 1. The topological polar surface area (TPSA) is 55.6 Å². The van der Waals surface area contributed by atoms with Gasteiger partial charge in [0.1, 0.15) is 16.5 Å². The Labute approximate surface area is 121 Å². The number of imidazole rings is 1. The molecule has 0 saturated carbocycles. The van der Waals surface area contributed by atoms with Crippen LogP contribution in [0.3, 0.4) is 0 Å². The number of hydrogen-bond acceptors (Lipinski definition) is 5. The first-order valence-electron chi connectivity index (χ1n) is 6.73. The highest BCUT2D eigenvalue weighted by atomic mass is 32.1. The van der Waals surface area contributed by atoms with E-state index in [0.29, 0.717) is 6.54 Å². The molecule has 0 fully saturated rings. The van der Waals surface area contributed by atoms with E-state index in [-0.39, 0.29) is 0 Å². The van der Waals surface area contributed by atoms with Crippen molar-refractivity contribution in [2.45, 2.75) is 26.3 Å². The second kappa shape index (κ2) is 5.58. The minimum Gasteiger partial charge on any atom is -0.372 e. The number of nitrogens with one attached hydrogen (secondary N) is 1. The highest BCUT2D eigenvalue weighted by Crippen LogP contribution is 2.24. The largest absolute Gasteiger partial charge is 0.372 e. The van der Waals surface area contributed by atoms with Crippen molar-refractivity contribution in [3.63, 3.8) is 0 Å². The summed E-state index contributed by atoms with van der Waals surface area (Å²) >= 11 is 1.64. The molecule has 0 atom stereocenters. The molecule has 3 aromatic rings. The molecule has 0 bridgehead atoms. The van der Waals surface area contributed by atoms with Gasteiger partial charge in [0.05, 0.1) is 11.9 Å². The fraction of sp³-hybridized carbons (Fsp3) is 0.357. The van der Waals surface area contributed by atoms with E-state index >= 15 is 0 Å². The molecule has 0 aliphatic carbocycles. The third kappa shape index (κ3) is 2.38. The number of nitrogens with zero attached hydrogens (tertiary/aromatic N) is 4. The third-order valence-corrected chi connectivity index (χ3v) is 4.00. The quantitative estimate of drug-likeness (QED) is 0.784. The van der Waals surface area contributed by atoms with Crippen LogP contribution in [-0.2, 0) is 13.0 Å². The van der Waals surface area contributed by atoms with Crippen LogP contribution < -0.4 is 5.32 Å². The predicted molar refractivity (Wildman–Crippen MR) is 82.3 cm³/mol. The van der Waals surface area contributed by atoms with Crippen LogP contribution >= 0.6 is 11.3 Å². The van der Waals surface area contributed by atoms with Crippen molar-refractivity contribution in [2.75, 3.05) is 12.4 Å². The molecule has 0 aliphatic rings. The van der Waals surface area contributed by atoms with E-state index in [1.165, 1.54) is 0 Å². The molecule has 0 unspecified atom stereocenters. The first-order valence-corrected chi connectivity index (χ1v) is 7.61. The van der Waals surface area contributed by atoms with Crippen molar-refractivity contribution >= 4 is 27.4 Å². The van der Waals surface area contributed by atoms with Gasteiger partial charge in [-0.05, 0) is 17.9 Å². The summed E-state index contributed by atoms with van der Waals surface area (Å²) in [6, 6.07) is 2.05. The number of fused-ring (bicyclic) bond motifs is 1. The molecule has 0 amide bonds. The smallest absolute Gasteiger partial charge is 0.152 e. The van der Waals surface area contributed by atoms with Crippen LogP contribution in [0.25, 0.3) is 10.2 Å². The van der Waals surface area contributed by atoms with Crippen molar-refractivity contribution in [3.8, 4) is 0 Å². The lowest BCUT2D eigenvalue weighted by atomic mass is 10.3. The van der Waals surface area contributed by atoms with Crippen LogP contribution in [0.1, 0.15) is 25.0 Å². The second-order valence-corrected chi connectivity index (χ2v) is 5.49. The average molecular weight is 287 g/mol. The maximum atomic E-state index is 4.64. The molecule has 0 saturated heterocycles. The van der Waals surface area contributed by atoms with Gasteiger partial charge in [-0.2, -0.15) is 0 Å². The molecule has 0 aromatic carbocycles. The lowest BCUT2D eigenvalue weighted by Gasteiger charge is -2.08. The highest BCUT2D eigenvalue weighted by Gasteiger charge is 2.09. The molecule has 1 N–H and O–H groups in total. The molecule has 6 heteroatoms. The summed E-state index contributed by atoms with van der Waals surface area (Å²) in [7, 11) is 1.89. The molecule has 3 aromatic heterocycles. The maximum Gasteiger partial charge on any atom is 0.152 e. The summed E-state index contributed by atoms with van der Waals surface area (Å²) in [5, 5.41) is 6.28. The fourth-order valence-corrected chi connectivity index (χ4v) is 3.03. The molecule has 0 radical (unpaired) electrons. The average Bonchev–Trinajstić information content (AvgIpc) is 3.08. The Morgan fingerprint density at radius 2 is 2.25 bits per heavy atom. The van der Waals surface area contributed by atoms with Crippen molar-refractivity contribution in [1.29, 1.82) is 0 Å². The molecule has 0 aliphatic heterocycles. The van der Waals surface area contributed by atoms with Crippen LogP contribution in [-0.4, -0.2) is 26.6 Å². The van der Waals surface area contributed by atoms with Gasteiger partial charge < -0.3 is 9.88 Å². The van der Waals surface area contributed by atoms with Gasteiger partial charge >= 0.3 is 0 Å². The Balaban J connectivity index is 1.95. The van der Waals surface area contributed by atoms with Gasteiger partial charge in [-0.3, -0.25) is 0 Å². The Bertz CT molecular complexity index is 715. The molecule has 104 valence electrons. The number of rotatable bonds is 5. The van der Waals surface area contributed by atoms with Crippen LogP contribution in [0.2, 0.25) is 0 Å². The van der Waals surface area contributed by atoms with E-state index in [9.17, 15) is 0 Å². The molecular weight excluding hydrogens is 270 g/mol. The number of thiophene rings is 1. The zero-order valence-electron chi connectivity index (χ0n) is 11.6. The number of aryl methyl sites for hydroxylation is 1. The van der Waals surface area contributed by atoms with E-state index in [1.807, 2.05) is 24.8 Å². The van der Waals surface area contributed by atoms with Gasteiger partial charge in [-0.15, -0.1) is 11.3 Å². The zero-order valence-corrected chi connectivity index (χ0v) is 12.4. The van der Waals surface area contributed by atoms with Crippen LogP contribution in [0.15, 0.2) is 23.8 Å². The van der Waals surface area contributed by atoms with Gasteiger partial charge in [0, 0.05) is 25.9 Å². The van der Waals surface area contributed by atoms with Gasteiger partial charge in [0.15, 0.2) is 5.82 Å². The molecule has 0 spiro atoms. The lowest BCUT2D eigenvalue weighted by molar-refractivity contribution is 0.681. The Hall–Kier alpha value is -1.95. The van der Waals surface area contributed by atoms with Gasteiger partial charge in [-0.1, -0.05) is 6.92 Å². The molecule has 3 heterocycles. The fourth-order valence-electron chi connectivity index (χ4n) is 2.25. The summed E-state index contributed by atoms with van der Waals surface area (Å²) in [6.45, 7) is 2.82. The third-order valence-electron chi connectivity index (χ3n) is 3.20. The highest BCUT2D eigenvalue weighted by molar-refractivity contribution is 7.16. The van der Waals surface area contributed by atoms with Crippen LogP contribution in [0, 0.1) is 0 Å². The van der Waals surface area contributed by atoms with Gasteiger partial charge in [-0.25, -0.2) is 15.0 Å². The zero-order chi connectivity index (χ0) is 13.9. The predicted octanol–water partition coefficient (Wildman–Crippen LogP) is 2.93. The molecule has 5 nitrogen and oxygen atoms in total. The minimum atomic E-state index is 0.665. The monoisotopic (exact) mass is 287 g/mol. The summed E-state index contributed by atoms with van der Waals surface area (Å²) in [4.78, 5) is 14.7. The van der Waals surface area contributed by atoms with Crippen molar-refractivity contribution in [3.05, 3.63) is 35.5 Å². The van der Waals surface area contributed by atoms with E-state index < -0.39 is 0 Å². The standard InChI is InChI=1S/C14H17N5S/c1-3-4-12-16-6-7-19(12)9-11-17-13(15-2)10-5-8-20-14(10)18-11/h5-8H,3-4,9H2,1-2H3,(H,15,17,18).